The van der Waals surface area contributed by atoms with Crippen LogP contribution in [-0.4, -0.2) is 11.5 Å². The predicted molar refractivity (Wildman–Crippen MR) is 67.3 cm³/mol. The molecule has 1 heterocycles. The van der Waals surface area contributed by atoms with Gasteiger partial charge in [-0.1, -0.05) is 26.2 Å². The molecule has 0 bridgehead atoms. The molecule has 1 fully saturated rings. The van der Waals surface area contributed by atoms with Gasteiger partial charge in [-0.05, 0) is 43.5 Å². The van der Waals surface area contributed by atoms with Gasteiger partial charge >= 0.3 is 0 Å². The molecule has 1 saturated carbocycles. The Labute approximate surface area is 98.5 Å². The summed E-state index contributed by atoms with van der Waals surface area (Å²) in [5, 5.41) is 3.60. The van der Waals surface area contributed by atoms with Crippen molar-refractivity contribution in [2.75, 3.05) is 6.54 Å². The van der Waals surface area contributed by atoms with Gasteiger partial charge in [-0.15, -0.1) is 0 Å². The van der Waals surface area contributed by atoms with Gasteiger partial charge in [0.2, 0.25) is 0 Å². The average molecular weight is 218 g/mol. The van der Waals surface area contributed by atoms with Gasteiger partial charge in [-0.3, -0.25) is 4.98 Å². The van der Waals surface area contributed by atoms with Gasteiger partial charge in [0.1, 0.15) is 0 Å². The molecule has 88 valence electrons. The summed E-state index contributed by atoms with van der Waals surface area (Å²) in [6.45, 7) is 5.29. The third-order valence-corrected chi connectivity index (χ3v) is 3.57. The van der Waals surface area contributed by atoms with Gasteiger partial charge in [0.25, 0.3) is 0 Å². The lowest BCUT2D eigenvalue weighted by atomic mass is 9.79. The Morgan fingerprint density at radius 2 is 2.31 bits per heavy atom. The van der Waals surface area contributed by atoms with Crippen molar-refractivity contribution < 1.29 is 0 Å². The second-order valence-corrected chi connectivity index (χ2v) is 4.87. The largest absolute Gasteiger partial charge is 0.310 e. The summed E-state index contributed by atoms with van der Waals surface area (Å²) in [5.41, 5.74) is 2.52. The van der Waals surface area contributed by atoms with E-state index in [1.54, 1.807) is 0 Å². The molecule has 2 heteroatoms. The Balaban J connectivity index is 2.04. The molecular formula is C14H22N2. The maximum absolute atomic E-state index is 4.27. The predicted octanol–water partition coefficient (Wildman–Crippen LogP) is 3.23. The van der Waals surface area contributed by atoms with E-state index >= 15 is 0 Å². The minimum atomic E-state index is 0.525. The molecule has 1 aliphatic rings. The van der Waals surface area contributed by atoms with Gasteiger partial charge in [0.05, 0.1) is 0 Å². The standard InChI is InChI=1S/C14H22N2/c1-3-15-14(10-12-5-4-6-12)13-7-8-16-11(2)9-13/h7-9,12,14-15H,3-6,10H2,1-2H3. The Morgan fingerprint density at radius 3 is 2.88 bits per heavy atom. The molecule has 1 unspecified atom stereocenters. The highest BCUT2D eigenvalue weighted by atomic mass is 14.9. The second kappa shape index (κ2) is 5.44. The van der Waals surface area contributed by atoms with Crippen LogP contribution in [0.25, 0.3) is 0 Å². The van der Waals surface area contributed by atoms with Gasteiger partial charge in [-0.2, -0.15) is 0 Å². The summed E-state index contributed by atoms with van der Waals surface area (Å²) in [5.74, 6) is 0.942. The van der Waals surface area contributed by atoms with Gasteiger partial charge in [0, 0.05) is 17.9 Å². The molecule has 1 N–H and O–H groups in total. The number of aromatic nitrogens is 1. The summed E-state index contributed by atoms with van der Waals surface area (Å²) >= 11 is 0. The second-order valence-electron chi connectivity index (χ2n) is 4.87. The Bertz CT molecular complexity index is 331. The van der Waals surface area contributed by atoms with Crippen LogP contribution in [0.3, 0.4) is 0 Å². The van der Waals surface area contributed by atoms with Crippen molar-refractivity contribution in [2.45, 2.75) is 45.6 Å². The number of pyridine rings is 1. The highest BCUT2D eigenvalue weighted by Gasteiger charge is 2.22. The molecule has 0 radical (unpaired) electrons. The summed E-state index contributed by atoms with van der Waals surface area (Å²) in [4.78, 5) is 4.27. The maximum Gasteiger partial charge on any atom is 0.0375 e. The Hall–Kier alpha value is -0.890. The molecule has 0 aromatic carbocycles. The van der Waals surface area contributed by atoms with E-state index in [-0.39, 0.29) is 0 Å². The quantitative estimate of drug-likeness (QED) is 0.820. The number of hydrogen-bond donors (Lipinski definition) is 1. The van der Waals surface area contributed by atoms with Crippen LogP contribution in [0.4, 0.5) is 0 Å². The first-order valence-electron chi connectivity index (χ1n) is 6.45. The van der Waals surface area contributed by atoms with Gasteiger partial charge in [0.15, 0.2) is 0 Å². The van der Waals surface area contributed by atoms with Crippen LogP contribution >= 0.6 is 0 Å². The van der Waals surface area contributed by atoms with Crippen molar-refractivity contribution in [1.29, 1.82) is 0 Å². The molecule has 1 aromatic rings. The van der Waals surface area contributed by atoms with E-state index in [2.05, 4.69) is 36.3 Å². The van der Waals surface area contributed by atoms with Crippen LogP contribution in [0.5, 0.6) is 0 Å². The average Bonchev–Trinajstić information content (AvgIpc) is 2.21. The number of aryl methyl sites for hydroxylation is 1. The first kappa shape index (κ1) is 11.6. The maximum atomic E-state index is 4.27. The molecule has 2 nitrogen and oxygen atoms in total. The zero-order chi connectivity index (χ0) is 11.4. The molecule has 1 atom stereocenters. The summed E-state index contributed by atoms with van der Waals surface area (Å²) in [6.07, 6.45) is 7.49. The lowest BCUT2D eigenvalue weighted by molar-refractivity contribution is 0.262. The number of hydrogen-bond acceptors (Lipinski definition) is 2. The summed E-state index contributed by atoms with van der Waals surface area (Å²) in [6, 6.07) is 4.89. The lowest BCUT2D eigenvalue weighted by Gasteiger charge is -2.30. The van der Waals surface area contributed by atoms with Crippen molar-refractivity contribution in [3.63, 3.8) is 0 Å². The fraction of sp³-hybridized carbons (Fsp3) is 0.643. The molecule has 0 spiro atoms. The zero-order valence-corrected chi connectivity index (χ0v) is 10.4. The first-order valence-corrected chi connectivity index (χ1v) is 6.45. The van der Waals surface area contributed by atoms with E-state index in [1.807, 2.05) is 6.20 Å². The zero-order valence-electron chi connectivity index (χ0n) is 10.4. The van der Waals surface area contributed by atoms with Crippen molar-refractivity contribution in [2.24, 2.45) is 5.92 Å². The molecule has 0 aliphatic heterocycles. The van der Waals surface area contributed by atoms with Crippen LogP contribution < -0.4 is 5.32 Å². The number of nitrogens with one attached hydrogen (secondary N) is 1. The molecule has 0 amide bonds. The smallest absolute Gasteiger partial charge is 0.0375 e. The third-order valence-electron chi connectivity index (χ3n) is 3.57. The van der Waals surface area contributed by atoms with Crippen molar-refractivity contribution in [1.82, 2.24) is 10.3 Å². The molecule has 2 rings (SSSR count). The highest BCUT2D eigenvalue weighted by molar-refractivity contribution is 5.19. The first-order chi connectivity index (χ1) is 7.79. The molecule has 16 heavy (non-hydrogen) atoms. The van der Waals surface area contributed by atoms with Gasteiger partial charge < -0.3 is 5.32 Å². The number of rotatable bonds is 5. The summed E-state index contributed by atoms with van der Waals surface area (Å²) in [7, 11) is 0. The van der Waals surface area contributed by atoms with E-state index in [0.717, 1.165) is 18.2 Å². The fourth-order valence-electron chi connectivity index (χ4n) is 2.43. The van der Waals surface area contributed by atoms with Crippen LogP contribution in [0.15, 0.2) is 18.3 Å². The van der Waals surface area contributed by atoms with E-state index < -0.39 is 0 Å². The van der Waals surface area contributed by atoms with Crippen molar-refractivity contribution >= 4 is 0 Å². The van der Waals surface area contributed by atoms with E-state index in [1.165, 1.54) is 31.2 Å². The lowest BCUT2D eigenvalue weighted by Crippen LogP contribution is -2.26. The normalized spacial score (nSPS) is 18.1. The SMILES string of the molecule is CCNC(CC1CCC1)c1ccnc(C)c1. The Morgan fingerprint density at radius 1 is 1.50 bits per heavy atom. The van der Waals surface area contributed by atoms with Crippen LogP contribution in [0.2, 0.25) is 0 Å². The van der Waals surface area contributed by atoms with E-state index in [0.29, 0.717) is 6.04 Å². The topological polar surface area (TPSA) is 24.9 Å². The summed E-state index contributed by atoms with van der Waals surface area (Å²) < 4.78 is 0. The monoisotopic (exact) mass is 218 g/mol. The van der Waals surface area contributed by atoms with Crippen molar-refractivity contribution in [3.05, 3.63) is 29.6 Å². The van der Waals surface area contributed by atoms with Gasteiger partial charge in [-0.25, -0.2) is 0 Å². The molecule has 1 aliphatic carbocycles. The third kappa shape index (κ3) is 2.82. The van der Waals surface area contributed by atoms with Crippen LogP contribution in [-0.2, 0) is 0 Å². The minimum Gasteiger partial charge on any atom is -0.310 e. The fourth-order valence-corrected chi connectivity index (χ4v) is 2.43. The highest BCUT2D eigenvalue weighted by Crippen LogP contribution is 2.34. The molecule has 1 aromatic heterocycles. The Kier molecular flexibility index (Phi) is 3.94. The van der Waals surface area contributed by atoms with E-state index in [9.17, 15) is 0 Å². The molecular weight excluding hydrogens is 196 g/mol. The minimum absolute atomic E-state index is 0.525. The van der Waals surface area contributed by atoms with E-state index in [4.69, 9.17) is 0 Å². The molecule has 0 saturated heterocycles. The number of nitrogens with zero attached hydrogens (tertiary/aromatic N) is 1. The van der Waals surface area contributed by atoms with Crippen molar-refractivity contribution in [3.8, 4) is 0 Å². The van der Waals surface area contributed by atoms with Crippen LogP contribution in [0, 0.1) is 12.8 Å². The van der Waals surface area contributed by atoms with Crippen LogP contribution in [0.1, 0.15) is 49.9 Å².